The highest BCUT2D eigenvalue weighted by molar-refractivity contribution is 7.12. The number of amides is 1. The van der Waals surface area contributed by atoms with Crippen molar-refractivity contribution >= 4 is 29.3 Å². The minimum absolute atomic E-state index is 0.0733. The fourth-order valence-corrected chi connectivity index (χ4v) is 2.46. The molecule has 1 aromatic heterocycles. The largest absolute Gasteiger partial charge is 0.478 e. The van der Waals surface area contributed by atoms with Gasteiger partial charge >= 0.3 is 5.97 Å². The van der Waals surface area contributed by atoms with E-state index in [1.54, 1.807) is 11.4 Å². The maximum Gasteiger partial charge on any atom is 0.328 e. The van der Waals surface area contributed by atoms with E-state index >= 15 is 0 Å². The topological polar surface area (TPSA) is 75.6 Å². The molecule has 0 aliphatic carbocycles. The molecule has 0 bridgehead atoms. The van der Waals surface area contributed by atoms with Crippen molar-refractivity contribution in [2.24, 2.45) is 5.92 Å². The molecule has 0 saturated carbocycles. The number of carbonyl (C=O) groups excluding carboxylic acids is 1. The van der Waals surface area contributed by atoms with Crippen LogP contribution in [0.2, 0.25) is 0 Å². The summed E-state index contributed by atoms with van der Waals surface area (Å²) in [6, 6.07) is 1.65. The van der Waals surface area contributed by atoms with Crippen LogP contribution < -0.4 is 5.32 Å². The summed E-state index contributed by atoms with van der Waals surface area (Å²) >= 11 is 1.29. The van der Waals surface area contributed by atoms with Crippen LogP contribution in [-0.4, -0.2) is 36.2 Å². The number of ether oxygens (including phenoxy) is 1. The Balaban J connectivity index is 2.78. The fraction of sp³-hybridized carbons (Fsp3) is 0.467. The lowest BCUT2D eigenvalue weighted by Crippen LogP contribution is -2.41. The van der Waals surface area contributed by atoms with Crippen LogP contribution in [0.1, 0.15) is 36.0 Å². The average Bonchev–Trinajstić information content (AvgIpc) is 2.89. The van der Waals surface area contributed by atoms with E-state index in [0.717, 1.165) is 6.08 Å². The monoisotopic (exact) mass is 311 g/mol. The molecular formula is C15H21NO4S. The minimum atomic E-state index is -1.04. The van der Waals surface area contributed by atoms with Gasteiger partial charge in [-0.3, -0.25) is 4.79 Å². The van der Waals surface area contributed by atoms with Crippen molar-refractivity contribution in [1.29, 1.82) is 0 Å². The number of rotatable bonds is 8. The van der Waals surface area contributed by atoms with Crippen molar-refractivity contribution in [3.05, 3.63) is 28.0 Å². The Morgan fingerprint density at radius 1 is 1.48 bits per heavy atom. The number of carboxylic acids is 1. The lowest BCUT2D eigenvalue weighted by molar-refractivity contribution is -0.131. The first-order valence-electron chi connectivity index (χ1n) is 6.82. The molecule has 1 atom stereocenters. The van der Waals surface area contributed by atoms with Crippen LogP contribution in [0, 0.1) is 5.92 Å². The number of hydrogen-bond donors (Lipinski definition) is 2. The van der Waals surface area contributed by atoms with Gasteiger partial charge in [-0.05, 0) is 35.9 Å². The Bertz CT molecular complexity index is 508. The molecule has 0 aliphatic heterocycles. The van der Waals surface area contributed by atoms with Gasteiger partial charge in [0.1, 0.15) is 0 Å². The second-order valence-corrected chi connectivity index (χ2v) is 5.78. The molecule has 6 heteroatoms. The molecule has 1 rings (SSSR count). The second kappa shape index (κ2) is 8.59. The van der Waals surface area contributed by atoms with Crippen LogP contribution in [0.15, 0.2) is 17.5 Å². The van der Waals surface area contributed by atoms with Crippen molar-refractivity contribution < 1.29 is 19.4 Å². The summed E-state index contributed by atoms with van der Waals surface area (Å²) in [6.07, 6.45) is 2.46. The van der Waals surface area contributed by atoms with E-state index in [1.165, 1.54) is 17.4 Å². The van der Waals surface area contributed by atoms with Gasteiger partial charge in [-0.2, -0.15) is 0 Å². The highest BCUT2D eigenvalue weighted by Crippen LogP contribution is 2.19. The first-order valence-corrected chi connectivity index (χ1v) is 7.70. The van der Waals surface area contributed by atoms with Gasteiger partial charge in [0, 0.05) is 12.7 Å². The zero-order valence-corrected chi connectivity index (χ0v) is 13.3. The third kappa shape index (κ3) is 5.69. The number of aliphatic carboxylic acids is 1. The first kappa shape index (κ1) is 17.4. The van der Waals surface area contributed by atoms with E-state index in [1.807, 2.05) is 20.8 Å². The van der Waals surface area contributed by atoms with Crippen LogP contribution in [0.5, 0.6) is 0 Å². The highest BCUT2D eigenvalue weighted by atomic mass is 32.1. The van der Waals surface area contributed by atoms with Gasteiger partial charge in [-0.25, -0.2) is 4.79 Å². The molecule has 0 aromatic carbocycles. The van der Waals surface area contributed by atoms with Gasteiger partial charge in [-0.15, -0.1) is 11.3 Å². The summed E-state index contributed by atoms with van der Waals surface area (Å²) < 4.78 is 5.38. The lowest BCUT2D eigenvalue weighted by atomic mass is 10.1. The smallest absolute Gasteiger partial charge is 0.328 e. The fourth-order valence-electron chi connectivity index (χ4n) is 1.68. The molecule has 1 heterocycles. The zero-order chi connectivity index (χ0) is 15.8. The third-order valence-corrected chi connectivity index (χ3v) is 3.86. The molecule has 21 heavy (non-hydrogen) atoms. The maximum atomic E-state index is 12.3. The van der Waals surface area contributed by atoms with E-state index in [-0.39, 0.29) is 17.9 Å². The highest BCUT2D eigenvalue weighted by Gasteiger charge is 2.19. The standard InChI is InChI=1S/C15H21NO4S/c1-4-20-9-12(10(2)3)16-15(19)14-11(7-8-21-14)5-6-13(17)18/h5-8,10,12H,4,9H2,1-3H3,(H,16,19)(H,17,18)/b6-5+. The van der Waals surface area contributed by atoms with Crippen LogP contribution in [0.4, 0.5) is 0 Å². The zero-order valence-electron chi connectivity index (χ0n) is 12.5. The normalized spacial score (nSPS) is 12.8. The lowest BCUT2D eigenvalue weighted by Gasteiger charge is -2.22. The first-order chi connectivity index (χ1) is 9.95. The molecule has 2 N–H and O–H groups in total. The molecule has 0 fully saturated rings. The van der Waals surface area contributed by atoms with Gasteiger partial charge in [-0.1, -0.05) is 13.8 Å². The molecule has 0 radical (unpaired) electrons. The summed E-state index contributed by atoms with van der Waals surface area (Å²) in [5.41, 5.74) is 0.610. The predicted octanol–water partition coefficient (Wildman–Crippen LogP) is 2.64. The van der Waals surface area contributed by atoms with Crippen LogP contribution in [0.3, 0.4) is 0 Å². The van der Waals surface area contributed by atoms with E-state index in [2.05, 4.69) is 5.32 Å². The molecular weight excluding hydrogens is 290 g/mol. The number of thiophene rings is 1. The number of nitrogens with one attached hydrogen (secondary N) is 1. The van der Waals surface area contributed by atoms with E-state index < -0.39 is 5.97 Å². The molecule has 5 nitrogen and oxygen atoms in total. The average molecular weight is 311 g/mol. The van der Waals surface area contributed by atoms with E-state index in [0.29, 0.717) is 23.7 Å². The van der Waals surface area contributed by atoms with Crippen molar-refractivity contribution in [2.75, 3.05) is 13.2 Å². The van der Waals surface area contributed by atoms with Gasteiger partial charge in [0.25, 0.3) is 5.91 Å². The summed E-state index contributed by atoms with van der Waals surface area (Å²) in [7, 11) is 0. The maximum absolute atomic E-state index is 12.3. The number of carboxylic acid groups (broad SMARTS) is 1. The quantitative estimate of drug-likeness (QED) is 0.724. The molecule has 1 unspecified atom stereocenters. The second-order valence-electron chi connectivity index (χ2n) is 4.86. The Hall–Kier alpha value is -1.66. The number of hydrogen-bond acceptors (Lipinski definition) is 4. The summed E-state index contributed by atoms with van der Waals surface area (Å²) in [6.45, 7) is 7.01. The molecule has 0 aliphatic rings. The SMILES string of the molecule is CCOCC(NC(=O)c1sccc1/C=C/C(=O)O)C(C)C. The Labute approximate surface area is 128 Å². The number of carbonyl (C=O) groups is 2. The summed E-state index contributed by atoms with van der Waals surface area (Å²) in [5.74, 6) is -0.990. The van der Waals surface area contributed by atoms with Gasteiger partial charge < -0.3 is 15.2 Å². The van der Waals surface area contributed by atoms with E-state index in [9.17, 15) is 9.59 Å². The Morgan fingerprint density at radius 3 is 2.76 bits per heavy atom. The van der Waals surface area contributed by atoms with Crippen molar-refractivity contribution in [2.45, 2.75) is 26.8 Å². The molecule has 116 valence electrons. The minimum Gasteiger partial charge on any atom is -0.478 e. The van der Waals surface area contributed by atoms with Gasteiger partial charge in [0.15, 0.2) is 0 Å². The van der Waals surface area contributed by atoms with Crippen molar-refractivity contribution in [1.82, 2.24) is 5.32 Å². The van der Waals surface area contributed by atoms with Crippen molar-refractivity contribution in [3.63, 3.8) is 0 Å². The summed E-state index contributed by atoms with van der Waals surface area (Å²) in [4.78, 5) is 23.4. The van der Waals surface area contributed by atoms with Crippen LogP contribution in [-0.2, 0) is 9.53 Å². The van der Waals surface area contributed by atoms with Crippen LogP contribution >= 0.6 is 11.3 Å². The van der Waals surface area contributed by atoms with Crippen molar-refractivity contribution in [3.8, 4) is 0 Å². The molecule has 0 spiro atoms. The molecule has 0 saturated heterocycles. The predicted molar refractivity (Wildman–Crippen MR) is 83.6 cm³/mol. The van der Waals surface area contributed by atoms with Gasteiger partial charge in [0.05, 0.1) is 17.5 Å². The molecule has 1 amide bonds. The third-order valence-electron chi connectivity index (χ3n) is 2.93. The van der Waals surface area contributed by atoms with Gasteiger partial charge in [0.2, 0.25) is 0 Å². The van der Waals surface area contributed by atoms with Crippen LogP contribution in [0.25, 0.3) is 6.08 Å². The van der Waals surface area contributed by atoms with E-state index in [4.69, 9.17) is 9.84 Å². The Kier molecular flexibility index (Phi) is 7.11. The Morgan fingerprint density at radius 2 is 2.19 bits per heavy atom. The molecule has 1 aromatic rings. The summed E-state index contributed by atoms with van der Waals surface area (Å²) in [5, 5.41) is 13.4.